The van der Waals surface area contributed by atoms with E-state index in [0.717, 1.165) is 39.5 Å². The van der Waals surface area contributed by atoms with Gasteiger partial charge in [0.15, 0.2) is 5.82 Å². The van der Waals surface area contributed by atoms with Crippen LogP contribution in [0.1, 0.15) is 0 Å². The fraction of sp³-hybridized carbons (Fsp3) is 0. The molecule has 242 valence electrons. The molecule has 10 rings (SSSR count). The van der Waals surface area contributed by atoms with Crippen molar-refractivity contribution in [2.24, 2.45) is 0 Å². The van der Waals surface area contributed by atoms with Crippen molar-refractivity contribution in [3.8, 4) is 56.2 Å². The average Bonchev–Trinajstić information content (AvgIpc) is 3.23. The van der Waals surface area contributed by atoms with Crippen LogP contribution in [0.25, 0.3) is 99.2 Å². The Bertz CT molecular complexity index is 2930. The highest BCUT2D eigenvalue weighted by Gasteiger charge is 2.14. The van der Waals surface area contributed by atoms with Crippen LogP contribution in [-0.2, 0) is 0 Å². The highest BCUT2D eigenvalue weighted by atomic mass is 14.9. The average molecular weight is 661 g/mol. The summed E-state index contributed by atoms with van der Waals surface area (Å²) < 4.78 is 0. The zero-order valence-electron chi connectivity index (χ0n) is 28.4. The Kier molecular flexibility index (Phi) is 7.18. The molecule has 0 aliphatic carbocycles. The third-order valence-electron chi connectivity index (χ3n) is 10.3. The molecule has 0 radical (unpaired) electrons. The lowest BCUT2D eigenvalue weighted by Crippen LogP contribution is -1.96. The van der Waals surface area contributed by atoms with Gasteiger partial charge in [-0.1, -0.05) is 176 Å². The van der Waals surface area contributed by atoms with Crippen molar-refractivity contribution in [1.29, 1.82) is 0 Å². The lowest BCUT2D eigenvalue weighted by molar-refractivity contribution is 1.18. The minimum Gasteiger partial charge on any atom is -0.228 e. The van der Waals surface area contributed by atoms with Crippen LogP contribution in [0.3, 0.4) is 0 Å². The Balaban J connectivity index is 1.02. The van der Waals surface area contributed by atoms with Crippen molar-refractivity contribution in [3.63, 3.8) is 0 Å². The second kappa shape index (κ2) is 12.5. The lowest BCUT2D eigenvalue weighted by atomic mass is 9.89. The van der Waals surface area contributed by atoms with Gasteiger partial charge in [0.05, 0.1) is 11.4 Å². The second-order valence-corrected chi connectivity index (χ2v) is 13.4. The number of hydrogen-bond acceptors (Lipinski definition) is 2. The first-order valence-corrected chi connectivity index (χ1v) is 17.7. The van der Waals surface area contributed by atoms with E-state index in [4.69, 9.17) is 9.97 Å². The standard InChI is InChI=1S/C50H32N2/c1-2-12-39(13-3-1)50-51-47(32-48(52-50)42-27-22-33-10-4-5-14-40(33)30-42)37-23-18-34(19-24-37)35-20-25-38(26-21-35)49-44-17-9-7-15-41(44)31-46-43-16-8-6-11-36(43)28-29-45(46)49/h1-32H. The Labute approximate surface area is 302 Å². The minimum atomic E-state index is 0.717. The largest absolute Gasteiger partial charge is 0.228 e. The smallest absolute Gasteiger partial charge is 0.160 e. The van der Waals surface area contributed by atoms with E-state index in [1.165, 1.54) is 59.8 Å². The fourth-order valence-corrected chi connectivity index (χ4v) is 7.60. The summed E-state index contributed by atoms with van der Waals surface area (Å²) in [6.45, 7) is 0. The normalized spacial score (nSPS) is 11.5. The number of fused-ring (bicyclic) bond motifs is 5. The number of rotatable bonds is 5. The van der Waals surface area contributed by atoms with Crippen LogP contribution < -0.4 is 0 Å². The summed E-state index contributed by atoms with van der Waals surface area (Å²) in [6, 6.07) is 69.4. The summed E-state index contributed by atoms with van der Waals surface area (Å²) in [7, 11) is 0. The molecule has 0 unspecified atom stereocenters. The van der Waals surface area contributed by atoms with Gasteiger partial charge in [0.2, 0.25) is 0 Å². The molecule has 0 saturated carbocycles. The van der Waals surface area contributed by atoms with Crippen LogP contribution in [0.2, 0.25) is 0 Å². The van der Waals surface area contributed by atoms with E-state index < -0.39 is 0 Å². The monoisotopic (exact) mass is 660 g/mol. The van der Waals surface area contributed by atoms with Crippen molar-refractivity contribution < 1.29 is 0 Å². The van der Waals surface area contributed by atoms with Gasteiger partial charge >= 0.3 is 0 Å². The van der Waals surface area contributed by atoms with Crippen LogP contribution in [-0.4, -0.2) is 9.97 Å². The van der Waals surface area contributed by atoms with Crippen LogP contribution in [0.15, 0.2) is 194 Å². The van der Waals surface area contributed by atoms with Crippen LogP contribution in [0.4, 0.5) is 0 Å². The fourth-order valence-electron chi connectivity index (χ4n) is 7.60. The van der Waals surface area contributed by atoms with Crippen molar-refractivity contribution in [2.45, 2.75) is 0 Å². The quantitative estimate of drug-likeness (QED) is 0.136. The number of hydrogen-bond donors (Lipinski definition) is 0. The van der Waals surface area contributed by atoms with Crippen molar-refractivity contribution >= 4 is 43.1 Å². The topological polar surface area (TPSA) is 25.8 Å². The highest BCUT2D eigenvalue weighted by Crippen LogP contribution is 2.40. The van der Waals surface area contributed by atoms with Gasteiger partial charge in [0.1, 0.15) is 0 Å². The first-order valence-electron chi connectivity index (χ1n) is 17.7. The zero-order valence-corrected chi connectivity index (χ0v) is 28.4. The molecule has 52 heavy (non-hydrogen) atoms. The summed E-state index contributed by atoms with van der Waals surface area (Å²) in [5.74, 6) is 0.717. The highest BCUT2D eigenvalue weighted by molar-refractivity contribution is 6.20. The molecule has 0 spiro atoms. The number of aromatic nitrogens is 2. The van der Waals surface area contributed by atoms with Gasteiger partial charge in [-0.15, -0.1) is 0 Å². The Morgan fingerprint density at radius 3 is 1.54 bits per heavy atom. The van der Waals surface area contributed by atoms with Gasteiger partial charge in [0.25, 0.3) is 0 Å². The molecule has 0 bridgehead atoms. The Hall–Kier alpha value is -6.90. The molecule has 0 aliphatic rings. The van der Waals surface area contributed by atoms with E-state index in [0.29, 0.717) is 0 Å². The molecular weight excluding hydrogens is 629 g/mol. The van der Waals surface area contributed by atoms with Crippen LogP contribution in [0, 0.1) is 0 Å². The SMILES string of the molecule is c1ccc(-c2nc(-c3ccc(-c4ccc(-c5c6ccccc6cc6c5ccc5ccccc56)cc4)cc3)cc(-c3ccc4ccccc4c3)n2)cc1. The van der Waals surface area contributed by atoms with E-state index in [1.54, 1.807) is 0 Å². The molecule has 2 heteroatoms. The molecule has 1 aromatic heterocycles. The summed E-state index contributed by atoms with van der Waals surface area (Å²) >= 11 is 0. The lowest BCUT2D eigenvalue weighted by Gasteiger charge is -2.14. The minimum absolute atomic E-state index is 0.717. The molecule has 9 aromatic carbocycles. The third-order valence-corrected chi connectivity index (χ3v) is 10.3. The molecule has 2 nitrogen and oxygen atoms in total. The molecule has 0 fully saturated rings. The molecule has 1 heterocycles. The maximum atomic E-state index is 5.07. The molecule has 0 N–H and O–H groups in total. The zero-order chi connectivity index (χ0) is 34.4. The van der Waals surface area contributed by atoms with Crippen molar-refractivity contribution in [3.05, 3.63) is 194 Å². The molecular formula is C50H32N2. The van der Waals surface area contributed by atoms with E-state index >= 15 is 0 Å². The Morgan fingerprint density at radius 2 is 0.788 bits per heavy atom. The van der Waals surface area contributed by atoms with Crippen molar-refractivity contribution in [1.82, 2.24) is 9.97 Å². The van der Waals surface area contributed by atoms with E-state index in [-0.39, 0.29) is 0 Å². The Morgan fingerprint density at radius 1 is 0.250 bits per heavy atom. The summed E-state index contributed by atoms with van der Waals surface area (Å²) in [5.41, 5.74) is 9.76. The van der Waals surface area contributed by atoms with Gasteiger partial charge in [-0.25, -0.2) is 9.97 Å². The predicted molar refractivity (Wildman–Crippen MR) is 219 cm³/mol. The maximum absolute atomic E-state index is 5.07. The van der Waals surface area contributed by atoms with Crippen LogP contribution >= 0.6 is 0 Å². The van der Waals surface area contributed by atoms with Crippen molar-refractivity contribution in [2.75, 3.05) is 0 Å². The molecule has 0 atom stereocenters. The molecule has 0 aliphatic heterocycles. The molecule has 10 aromatic rings. The predicted octanol–water partition coefficient (Wildman–Crippen LogP) is 13.4. The summed E-state index contributed by atoms with van der Waals surface area (Å²) in [4.78, 5) is 10.1. The van der Waals surface area contributed by atoms with E-state index in [1.807, 2.05) is 18.2 Å². The maximum Gasteiger partial charge on any atom is 0.160 e. The van der Waals surface area contributed by atoms with Gasteiger partial charge in [-0.3, -0.25) is 0 Å². The number of benzene rings is 9. The first-order chi connectivity index (χ1) is 25.7. The second-order valence-electron chi connectivity index (χ2n) is 13.4. The van der Waals surface area contributed by atoms with Gasteiger partial charge < -0.3 is 0 Å². The molecule has 0 saturated heterocycles. The summed E-state index contributed by atoms with van der Waals surface area (Å²) in [5, 5.41) is 10.0. The van der Waals surface area contributed by atoms with Gasteiger partial charge in [-0.05, 0) is 83.5 Å². The molecule has 0 amide bonds. The van der Waals surface area contributed by atoms with E-state index in [9.17, 15) is 0 Å². The number of nitrogens with zero attached hydrogens (tertiary/aromatic N) is 2. The van der Waals surface area contributed by atoms with Crippen LogP contribution in [0.5, 0.6) is 0 Å². The van der Waals surface area contributed by atoms with Gasteiger partial charge in [-0.2, -0.15) is 0 Å². The third kappa shape index (κ3) is 5.30. The van der Waals surface area contributed by atoms with Gasteiger partial charge in [0, 0.05) is 16.7 Å². The summed E-state index contributed by atoms with van der Waals surface area (Å²) in [6.07, 6.45) is 0. The first kappa shape index (κ1) is 30.0. The van der Waals surface area contributed by atoms with E-state index in [2.05, 4.69) is 176 Å².